The minimum absolute atomic E-state index is 0.706. The van der Waals surface area contributed by atoms with E-state index in [0.717, 1.165) is 19.0 Å². The van der Waals surface area contributed by atoms with Gasteiger partial charge in [-0.1, -0.05) is 44.9 Å². The van der Waals surface area contributed by atoms with E-state index in [1.54, 1.807) is 0 Å². The largest absolute Gasteiger partial charge is 0.343 e. The summed E-state index contributed by atoms with van der Waals surface area (Å²) in [6.45, 7) is 7.80. The molecule has 1 aromatic heterocycles. The van der Waals surface area contributed by atoms with E-state index >= 15 is 0 Å². The molecule has 2 heteroatoms. The van der Waals surface area contributed by atoms with Crippen LogP contribution in [0.25, 0.3) is 10.9 Å². The van der Waals surface area contributed by atoms with Crippen LogP contribution in [-0.4, -0.2) is 11.1 Å². The van der Waals surface area contributed by atoms with Crippen LogP contribution in [0.3, 0.4) is 0 Å². The van der Waals surface area contributed by atoms with Crippen LogP contribution in [0.15, 0.2) is 30.3 Å². The van der Waals surface area contributed by atoms with Crippen LogP contribution in [-0.2, 0) is 13.1 Å². The standard InChI is InChI=1S/C19H28N2/c1-15(2)12-20-13-18-11-17-9-5-6-10-19(17)21(18)14-16-7-3-4-8-16/h5-6,9-11,15-16,20H,3-4,7-8,12-14H2,1-2H3. The molecule has 1 aromatic carbocycles. The Hall–Kier alpha value is -1.28. The summed E-state index contributed by atoms with van der Waals surface area (Å²) in [5, 5.41) is 4.99. The van der Waals surface area contributed by atoms with Crippen LogP contribution in [0.2, 0.25) is 0 Å². The van der Waals surface area contributed by atoms with Crippen molar-refractivity contribution >= 4 is 10.9 Å². The SMILES string of the molecule is CC(C)CNCc1cc2ccccc2n1CC1CCCC1. The summed E-state index contributed by atoms with van der Waals surface area (Å²) >= 11 is 0. The fourth-order valence-electron chi connectivity index (χ4n) is 3.57. The van der Waals surface area contributed by atoms with E-state index in [9.17, 15) is 0 Å². The summed E-state index contributed by atoms with van der Waals surface area (Å²) < 4.78 is 2.57. The third kappa shape index (κ3) is 3.49. The molecule has 1 aliphatic rings. The highest BCUT2D eigenvalue weighted by Gasteiger charge is 2.18. The molecule has 0 radical (unpaired) electrons. The van der Waals surface area contributed by atoms with Crippen molar-refractivity contribution in [1.29, 1.82) is 0 Å². The van der Waals surface area contributed by atoms with Crippen molar-refractivity contribution in [2.45, 2.75) is 52.6 Å². The van der Waals surface area contributed by atoms with Crippen LogP contribution in [0, 0.1) is 11.8 Å². The number of hydrogen-bond acceptors (Lipinski definition) is 1. The number of nitrogens with zero attached hydrogens (tertiary/aromatic N) is 1. The number of rotatable bonds is 6. The number of nitrogens with one attached hydrogen (secondary N) is 1. The highest BCUT2D eigenvalue weighted by atomic mass is 15.0. The van der Waals surface area contributed by atoms with Crippen molar-refractivity contribution in [3.05, 3.63) is 36.0 Å². The number of fused-ring (bicyclic) bond motifs is 1. The van der Waals surface area contributed by atoms with Crippen LogP contribution < -0.4 is 5.32 Å². The molecule has 2 nitrogen and oxygen atoms in total. The third-order valence-corrected chi connectivity index (χ3v) is 4.67. The van der Waals surface area contributed by atoms with Crippen molar-refractivity contribution in [2.75, 3.05) is 6.54 Å². The molecule has 114 valence electrons. The van der Waals surface area contributed by atoms with Gasteiger partial charge >= 0.3 is 0 Å². The first-order chi connectivity index (χ1) is 10.2. The minimum Gasteiger partial charge on any atom is -0.343 e. The van der Waals surface area contributed by atoms with Gasteiger partial charge in [0.1, 0.15) is 0 Å². The summed E-state index contributed by atoms with van der Waals surface area (Å²) in [6, 6.07) is 11.2. The number of hydrogen-bond donors (Lipinski definition) is 1. The molecular formula is C19H28N2. The van der Waals surface area contributed by atoms with Gasteiger partial charge in [0.05, 0.1) is 0 Å². The maximum absolute atomic E-state index is 3.61. The fourth-order valence-corrected chi connectivity index (χ4v) is 3.57. The van der Waals surface area contributed by atoms with Gasteiger partial charge in [0.15, 0.2) is 0 Å². The Morgan fingerprint density at radius 3 is 2.71 bits per heavy atom. The van der Waals surface area contributed by atoms with Gasteiger partial charge in [-0.05, 0) is 48.7 Å². The summed E-state index contributed by atoms with van der Waals surface area (Å²) in [4.78, 5) is 0. The molecule has 0 bridgehead atoms. The smallest absolute Gasteiger partial charge is 0.0483 e. The van der Waals surface area contributed by atoms with Crippen molar-refractivity contribution in [2.24, 2.45) is 11.8 Å². The van der Waals surface area contributed by atoms with E-state index in [1.165, 1.54) is 48.8 Å². The van der Waals surface area contributed by atoms with E-state index in [4.69, 9.17) is 0 Å². The Kier molecular flexibility index (Phi) is 4.64. The molecule has 0 spiro atoms. The lowest BCUT2D eigenvalue weighted by molar-refractivity contribution is 0.449. The average Bonchev–Trinajstić information content (AvgIpc) is 3.08. The van der Waals surface area contributed by atoms with E-state index < -0.39 is 0 Å². The lowest BCUT2D eigenvalue weighted by Crippen LogP contribution is -2.21. The number of aromatic nitrogens is 1. The van der Waals surface area contributed by atoms with Crippen molar-refractivity contribution in [3.8, 4) is 0 Å². The Balaban J connectivity index is 1.82. The highest BCUT2D eigenvalue weighted by molar-refractivity contribution is 5.81. The molecule has 0 aliphatic heterocycles. The van der Waals surface area contributed by atoms with E-state index in [2.05, 4.69) is 54.1 Å². The number of para-hydroxylation sites is 1. The molecule has 21 heavy (non-hydrogen) atoms. The molecule has 2 aromatic rings. The Bertz CT molecular complexity index is 576. The summed E-state index contributed by atoms with van der Waals surface area (Å²) in [7, 11) is 0. The van der Waals surface area contributed by atoms with Gasteiger partial charge < -0.3 is 9.88 Å². The second kappa shape index (κ2) is 6.65. The lowest BCUT2D eigenvalue weighted by atomic mass is 10.1. The van der Waals surface area contributed by atoms with E-state index in [1.807, 2.05) is 0 Å². The Morgan fingerprint density at radius 2 is 1.95 bits per heavy atom. The molecule has 3 rings (SSSR count). The second-order valence-electron chi connectivity index (χ2n) is 6.98. The topological polar surface area (TPSA) is 17.0 Å². The molecule has 0 amide bonds. The molecule has 0 atom stereocenters. The average molecular weight is 284 g/mol. The first kappa shape index (κ1) is 14.6. The van der Waals surface area contributed by atoms with Crippen LogP contribution in [0.5, 0.6) is 0 Å². The quantitative estimate of drug-likeness (QED) is 0.821. The van der Waals surface area contributed by atoms with Crippen molar-refractivity contribution in [3.63, 3.8) is 0 Å². The molecule has 1 fully saturated rings. The van der Waals surface area contributed by atoms with Gasteiger partial charge in [0, 0.05) is 24.3 Å². The minimum atomic E-state index is 0.706. The molecule has 0 unspecified atom stereocenters. The Morgan fingerprint density at radius 1 is 1.19 bits per heavy atom. The predicted octanol–water partition coefficient (Wildman–Crippen LogP) is 4.58. The zero-order chi connectivity index (χ0) is 14.7. The van der Waals surface area contributed by atoms with E-state index in [-0.39, 0.29) is 0 Å². The first-order valence-electron chi connectivity index (χ1n) is 8.52. The van der Waals surface area contributed by atoms with E-state index in [0.29, 0.717) is 5.92 Å². The van der Waals surface area contributed by atoms with Gasteiger partial charge in [0.25, 0.3) is 0 Å². The maximum atomic E-state index is 3.61. The zero-order valence-electron chi connectivity index (χ0n) is 13.4. The van der Waals surface area contributed by atoms with Crippen LogP contribution in [0.1, 0.15) is 45.2 Å². The van der Waals surface area contributed by atoms with Crippen molar-refractivity contribution in [1.82, 2.24) is 9.88 Å². The second-order valence-corrected chi connectivity index (χ2v) is 6.98. The molecule has 1 aliphatic carbocycles. The zero-order valence-corrected chi connectivity index (χ0v) is 13.4. The normalized spacial score (nSPS) is 16.3. The third-order valence-electron chi connectivity index (χ3n) is 4.67. The van der Waals surface area contributed by atoms with Gasteiger partial charge in [-0.2, -0.15) is 0 Å². The van der Waals surface area contributed by atoms with Gasteiger partial charge in [-0.15, -0.1) is 0 Å². The predicted molar refractivity (Wildman–Crippen MR) is 90.4 cm³/mol. The maximum Gasteiger partial charge on any atom is 0.0483 e. The summed E-state index contributed by atoms with van der Waals surface area (Å²) in [5.74, 6) is 1.59. The first-order valence-corrected chi connectivity index (χ1v) is 8.52. The van der Waals surface area contributed by atoms with Gasteiger partial charge in [-0.25, -0.2) is 0 Å². The molecule has 1 N–H and O–H groups in total. The van der Waals surface area contributed by atoms with Crippen LogP contribution >= 0.6 is 0 Å². The lowest BCUT2D eigenvalue weighted by Gasteiger charge is -2.16. The number of benzene rings is 1. The Labute approximate surface area is 128 Å². The molecule has 0 saturated heterocycles. The molecule has 1 heterocycles. The van der Waals surface area contributed by atoms with Gasteiger partial charge in [-0.3, -0.25) is 0 Å². The fraction of sp³-hybridized carbons (Fsp3) is 0.579. The van der Waals surface area contributed by atoms with Gasteiger partial charge in [0.2, 0.25) is 0 Å². The van der Waals surface area contributed by atoms with Crippen LogP contribution in [0.4, 0.5) is 0 Å². The summed E-state index contributed by atoms with van der Waals surface area (Å²) in [5.41, 5.74) is 2.86. The molecular weight excluding hydrogens is 256 g/mol. The highest BCUT2D eigenvalue weighted by Crippen LogP contribution is 2.29. The van der Waals surface area contributed by atoms with Crippen molar-refractivity contribution < 1.29 is 0 Å². The molecule has 1 saturated carbocycles. The summed E-state index contributed by atoms with van der Waals surface area (Å²) in [6.07, 6.45) is 5.66. The monoisotopic (exact) mass is 284 g/mol.